The van der Waals surface area contributed by atoms with Crippen molar-refractivity contribution in [2.24, 2.45) is 4.99 Å². The maximum Gasteiger partial charge on any atom is 0.191 e. The summed E-state index contributed by atoms with van der Waals surface area (Å²) >= 11 is 0. The molecule has 134 valence electrons. The maximum absolute atomic E-state index is 4.66. The van der Waals surface area contributed by atoms with Crippen LogP contribution in [0.5, 0.6) is 0 Å². The summed E-state index contributed by atoms with van der Waals surface area (Å²) in [6.45, 7) is 6.31. The van der Waals surface area contributed by atoms with E-state index in [0.717, 1.165) is 30.3 Å². The summed E-state index contributed by atoms with van der Waals surface area (Å²) in [5, 5.41) is 11.1. The van der Waals surface area contributed by atoms with E-state index in [1.807, 2.05) is 47.4 Å². The molecule has 1 heterocycles. The number of guanidine groups is 1. The van der Waals surface area contributed by atoms with Crippen molar-refractivity contribution in [3.05, 3.63) is 83.7 Å². The second-order valence-corrected chi connectivity index (χ2v) is 6.16. The number of benzene rings is 2. The number of nitrogens with zero attached hydrogens (tertiary/aromatic N) is 3. The van der Waals surface area contributed by atoms with Crippen LogP contribution in [0.4, 0.5) is 0 Å². The average Bonchev–Trinajstić information content (AvgIpc) is 3.15. The third-order valence-corrected chi connectivity index (χ3v) is 4.00. The molecule has 26 heavy (non-hydrogen) atoms. The normalized spacial score (nSPS) is 11.4. The van der Waals surface area contributed by atoms with Crippen molar-refractivity contribution < 1.29 is 0 Å². The molecule has 0 amide bonds. The Balaban J connectivity index is 1.62. The molecule has 2 N–H and O–H groups in total. The molecule has 5 nitrogen and oxygen atoms in total. The van der Waals surface area contributed by atoms with Crippen molar-refractivity contribution in [1.82, 2.24) is 20.4 Å². The number of hydrogen-bond acceptors (Lipinski definition) is 2. The third-order valence-electron chi connectivity index (χ3n) is 4.00. The van der Waals surface area contributed by atoms with Crippen LogP contribution in [-0.2, 0) is 13.1 Å². The number of para-hydroxylation sites is 1. The molecule has 0 fully saturated rings. The molecule has 0 bridgehead atoms. The van der Waals surface area contributed by atoms with Crippen molar-refractivity contribution >= 4 is 5.96 Å². The topological polar surface area (TPSA) is 54.2 Å². The van der Waals surface area contributed by atoms with E-state index in [4.69, 9.17) is 0 Å². The van der Waals surface area contributed by atoms with Crippen LogP contribution >= 0.6 is 0 Å². The van der Waals surface area contributed by atoms with Crippen molar-refractivity contribution in [2.45, 2.75) is 26.9 Å². The zero-order valence-electron chi connectivity index (χ0n) is 15.3. The molecule has 0 spiro atoms. The lowest BCUT2D eigenvalue weighted by Gasteiger charge is -2.11. The van der Waals surface area contributed by atoms with Gasteiger partial charge in [-0.3, -0.25) is 0 Å². The van der Waals surface area contributed by atoms with E-state index < -0.39 is 0 Å². The van der Waals surface area contributed by atoms with Gasteiger partial charge in [0, 0.05) is 24.8 Å². The molecule has 0 saturated heterocycles. The molecule has 0 saturated carbocycles. The molecule has 5 heteroatoms. The smallest absolute Gasteiger partial charge is 0.191 e. The predicted molar refractivity (Wildman–Crippen MR) is 106 cm³/mol. The monoisotopic (exact) mass is 347 g/mol. The SMILES string of the molecule is CCNC(=NCc1cnn(-c2ccccc2)c1)NCc1ccc(C)cc1. The largest absolute Gasteiger partial charge is 0.357 e. The lowest BCUT2D eigenvalue weighted by Crippen LogP contribution is -2.36. The molecule has 3 rings (SSSR count). The van der Waals surface area contributed by atoms with Crippen LogP contribution in [0.2, 0.25) is 0 Å². The van der Waals surface area contributed by atoms with Crippen LogP contribution in [0.15, 0.2) is 72.0 Å². The summed E-state index contributed by atoms with van der Waals surface area (Å²) in [6.07, 6.45) is 3.88. The molecule has 1 aromatic heterocycles. The van der Waals surface area contributed by atoms with Crippen LogP contribution in [0.25, 0.3) is 5.69 Å². The molecular formula is C21H25N5. The lowest BCUT2D eigenvalue weighted by molar-refractivity contribution is 0.816. The van der Waals surface area contributed by atoms with Crippen LogP contribution in [0.3, 0.4) is 0 Å². The molecular weight excluding hydrogens is 322 g/mol. The first-order valence-corrected chi connectivity index (χ1v) is 8.91. The van der Waals surface area contributed by atoms with E-state index >= 15 is 0 Å². The van der Waals surface area contributed by atoms with Gasteiger partial charge in [-0.1, -0.05) is 48.0 Å². The molecule has 0 aliphatic rings. The summed E-state index contributed by atoms with van der Waals surface area (Å²) in [5.74, 6) is 0.806. The lowest BCUT2D eigenvalue weighted by atomic mass is 10.1. The van der Waals surface area contributed by atoms with Crippen molar-refractivity contribution in [1.29, 1.82) is 0 Å². The van der Waals surface area contributed by atoms with E-state index in [1.165, 1.54) is 11.1 Å². The highest BCUT2D eigenvalue weighted by molar-refractivity contribution is 5.79. The fourth-order valence-corrected chi connectivity index (χ4v) is 2.57. The highest BCUT2D eigenvalue weighted by Crippen LogP contribution is 2.08. The fourth-order valence-electron chi connectivity index (χ4n) is 2.57. The standard InChI is InChI=1S/C21H25N5/c1-3-22-21(23-13-18-11-9-17(2)10-12-18)24-14-19-15-25-26(16-19)20-7-5-4-6-8-20/h4-12,15-16H,3,13-14H2,1-2H3,(H2,22,23,24). The number of aromatic nitrogens is 2. The number of hydrogen-bond donors (Lipinski definition) is 2. The highest BCUT2D eigenvalue weighted by Gasteiger charge is 2.02. The van der Waals surface area contributed by atoms with E-state index in [9.17, 15) is 0 Å². The van der Waals surface area contributed by atoms with Crippen molar-refractivity contribution in [2.75, 3.05) is 6.54 Å². The summed E-state index contributed by atoms with van der Waals surface area (Å²) in [4.78, 5) is 4.66. The van der Waals surface area contributed by atoms with Crippen molar-refractivity contribution in [3.63, 3.8) is 0 Å². The number of nitrogens with one attached hydrogen (secondary N) is 2. The Morgan fingerprint density at radius 1 is 1.00 bits per heavy atom. The van der Waals surface area contributed by atoms with E-state index in [2.05, 4.69) is 58.8 Å². The Morgan fingerprint density at radius 3 is 2.50 bits per heavy atom. The molecule has 0 atom stereocenters. The van der Waals surface area contributed by atoms with Gasteiger partial charge >= 0.3 is 0 Å². The molecule has 0 aliphatic carbocycles. The van der Waals surface area contributed by atoms with Crippen LogP contribution in [0.1, 0.15) is 23.6 Å². The van der Waals surface area contributed by atoms with Gasteiger partial charge in [-0.2, -0.15) is 5.10 Å². The van der Waals surface area contributed by atoms with Gasteiger partial charge in [-0.15, -0.1) is 0 Å². The minimum Gasteiger partial charge on any atom is -0.357 e. The zero-order valence-corrected chi connectivity index (χ0v) is 15.3. The number of aliphatic imine (C=N–C) groups is 1. The van der Waals surface area contributed by atoms with Gasteiger partial charge in [-0.25, -0.2) is 9.67 Å². The summed E-state index contributed by atoms with van der Waals surface area (Å²) in [5.41, 5.74) is 4.62. The van der Waals surface area contributed by atoms with Gasteiger partial charge in [-0.05, 0) is 31.5 Å². The molecule has 2 aromatic carbocycles. The zero-order chi connectivity index (χ0) is 18.2. The molecule has 0 aliphatic heterocycles. The van der Waals surface area contributed by atoms with E-state index in [-0.39, 0.29) is 0 Å². The number of aryl methyl sites for hydroxylation is 1. The Kier molecular flexibility index (Phi) is 6.04. The first kappa shape index (κ1) is 17.7. The van der Waals surface area contributed by atoms with E-state index in [0.29, 0.717) is 6.54 Å². The molecule has 0 radical (unpaired) electrons. The molecule has 3 aromatic rings. The summed E-state index contributed by atoms with van der Waals surface area (Å²) in [7, 11) is 0. The van der Waals surface area contributed by atoms with Gasteiger partial charge in [0.2, 0.25) is 0 Å². The third kappa shape index (κ3) is 4.96. The quantitative estimate of drug-likeness (QED) is 0.530. The molecule has 0 unspecified atom stereocenters. The second-order valence-electron chi connectivity index (χ2n) is 6.16. The first-order chi connectivity index (χ1) is 12.7. The minimum atomic E-state index is 0.579. The first-order valence-electron chi connectivity index (χ1n) is 8.91. The van der Waals surface area contributed by atoms with Crippen LogP contribution in [0, 0.1) is 6.92 Å². The summed E-state index contributed by atoms with van der Waals surface area (Å²) < 4.78 is 1.87. The summed E-state index contributed by atoms with van der Waals surface area (Å²) in [6, 6.07) is 18.6. The maximum atomic E-state index is 4.66. The van der Waals surface area contributed by atoms with Gasteiger partial charge in [0.05, 0.1) is 18.4 Å². The second kappa shape index (κ2) is 8.85. The van der Waals surface area contributed by atoms with Crippen molar-refractivity contribution in [3.8, 4) is 5.69 Å². The predicted octanol–water partition coefficient (Wildman–Crippen LogP) is 3.44. The van der Waals surface area contributed by atoms with Gasteiger partial charge in [0.25, 0.3) is 0 Å². The Morgan fingerprint density at radius 2 is 1.77 bits per heavy atom. The Hall–Kier alpha value is -3.08. The van der Waals surface area contributed by atoms with Gasteiger partial charge in [0.1, 0.15) is 0 Å². The Labute approximate surface area is 154 Å². The highest BCUT2D eigenvalue weighted by atomic mass is 15.3. The van der Waals surface area contributed by atoms with Gasteiger partial charge in [0.15, 0.2) is 5.96 Å². The van der Waals surface area contributed by atoms with E-state index in [1.54, 1.807) is 0 Å². The van der Waals surface area contributed by atoms with Crippen LogP contribution in [-0.4, -0.2) is 22.3 Å². The average molecular weight is 347 g/mol. The number of rotatable bonds is 6. The minimum absolute atomic E-state index is 0.579. The van der Waals surface area contributed by atoms with Crippen LogP contribution < -0.4 is 10.6 Å². The van der Waals surface area contributed by atoms with Gasteiger partial charge < -0.3 is 10.6 Å². The fraction of sp³-hybridized carbons (Fsp3) is 0.238. The Bertz CT molecular complexity index is 834.